The second kappa shape index (κ2) is 7.35. The van der Waals surface area contributed by atoms with Crippen molar-refractivity contribution in [3.05, 3.63) is 65.7 Å². The Labute approximate surface area is 150 Å². The van der Waals surface area contributed by atoms with Crippen molar-refractivity contribution in [1.29, 1.82) is 0 Å². The van der Waals surface area contributed by atoms with Crippen LogP contribution in [0, 0.1) is 0 Å². The molecule has 25 heavy (non-hydrogen) atoms. The molecule has 1 heterocycles. The number of hydrogen-bond acceptors (Lipinski definition) is 4. The highest BCUT2D eigenvalue weighted by Gasteiger charge is 2.33. The van der Waals surface area contributed by atoms with Crippen LogP contribution in [0.15, 0.2) is 54.6 Å². The van der Waals surface area contributed by atoms with Crippen molar-refractivity contribution < 1.29 is 19.1 Å². The van der Waals surface area contributed by atoms with Crippen LogP contribution in [0.3, 0.4) is 0 Å². The Morgan fingerprint density at radius 2 is 1.64 bits per heavy atom. The van der Waals surface area contributed by atoms with Crippen LogP contribution >= 0.6 is 11.6 Å². The van der Waals surface area contributed by atoms with Crippen LogP contribution in [0.4, 0.5) is 5.69 Å². The number of halogens is 1. The molecule has 1 fully saturated rings. The molecule has 0 bridgehead atoms. The molecule has 1 atom stereocenters. The Balaban J connectivity index is 1.65. The number of Topliss-reactive ketones (excluding diaryl/α,β-unsaturated/α-hetero) is 1. The lowest BCUT2D eigenvalue weighted by molar-refractivity contribution is -0.149. The molecule has 5 nitrogen and oxygen atoms in total. The molecule has 1 aliphatic heterocycles. The Kier molecular flexibility index (Phi) is 5.18. The molecule has 6 heteroatoms. The molecule has 2 aromatic rings. The summed E-state index contributed by atoms with van der Waals surface area (Å²) in [4.78, 5) is 24.4. The lowest BCUT2D eigenvalue weighted by Gasteiger charge is -2.22. The summed E-state index contributed by atoms with van der Waals surface area (Å²) in [6, 6.07) is 15.6. The van der Waals surface area contributed by atoms with Gasteiger partial charge in [-0.05, 0) is 19.1 Å². The van der Waals surface area contributed by atoms with Gasteiger partial charge in [-0.25, -0.2) is 0 Å². The molecule has 2 aromatic carbocycles. The van der Waals surface area contributed by atoms with E-state index in [1.54, 1.807) is 42.5 Å². The average Bonchev–Trinajstić information content (AvgIpc) is 3.09. The fourth-order valence-electron chi connectivity index (χ4n) is 2.61. The van der Waals surface area contributed by atoms with Gasteiger partial charge in [-0.1, -0.05) is 42.5 Å². The summed E-state index contributed by atoms with van der Waals surface area (Å²) < 4.78 is 11.2. The van der Waals surface area contributed by atoms with Gasteiger partial charge in [0.25, 0.3) is 0 Å². The number of anilines is 1. The lowest BCUT2D eigenvalue weighted by atomic mass is 10.1. The Morgan fingerprint density at radius 1 is 1.04 bits per heavy atom. The van der Waals surface area contributed by atoms with E-state index < -0.39 is 22.9 Å². The van der Waals surface area contributed by atoms with E-state index in [9.17, 15) is 9.59 Å². The van der Waals surface area contributed by atoms with Crippen LogP contribution in [0.2, 0.25) is 0 Å². The number of nitrogens with one attached hydrogen (secondary N) is 1. The van der Waals surface area contributed by atoms with Gasteiger partial charge in [-0.2, -0.15) is 0 Å². The van der Waals surface area contributed by atoms with Crippen molar-refractivity contribution in [2.24, 2.45) is 0 Å². The maximum absolute atomic E-state index is 12.2. The van der Waals surface area contributed by atoms with E-state index in [1.807, 2.05) is 19.1 Å². The highest BCUT2D eigenvalue weighted by Crippen LogP contribution is 2.31. The third kappa shape index (κ3) is 3.90. The molecule has 0 aliphatic carbocycles. The van der Waals surface area contributed by atoms with Crippen molar-refractivity contribution in [1.82, 2.24) is 0 Å². The number of rotatable bonds is 5. The van der Waals surface area contributed by atoms with Crippen molar-refractivity contribution >= 4 is 29.0 Å². The molecule has 3 rings (SSSR count). The molecule has 1 aliphatic rings. The van der Waals surface area contributed by atoms with E-state index in [1.165, 1.54) is 0 Å². The van der Waals surface area contributed by atoms with Gasteiger partial charge >= 0.3 is 0 Å². The minimum absolute atomic E-state index is 0.399. The minimum atomic E-state index is -1.29. The van der Waals surface area contributed by atoms with Gasteiger partial charge in [0, 0.05) is 16.8 Å². The summed E-state index contributed by atoms with van der Waals surface area (Å²) in [7, 11) is 0. The van der Waals surface area contributed by atoms with E-state index in [2.05, 4.69) is 5.32 Å². The summed E-state index contributed by atoms with van der Waals surface area (Å²) >= 11 is 6.02. The minimum Gasteiger partial charge on any atom is -0.344 e. The van der Waals surface area contributed by atoms with E-state index >= 15 is 0 Å². The topological polar surface area (TPSA) is 64.6 Å². The molecule has 0 saturated carbocycles. The predicted octanol–water partition coefficient (Wildman–Crippen LogP) is 3.33. The first kappa shape index (κ1) is 17.6. The Morgan fingerprint density at radius 3 is 2.24 bits per heavy atom. The number of alkyl halides is 1. The van der Waals surface area contributed by atoms with Gasteiger partial charge in [0.05, 0.1) is 13.2 Å². The monoisotopic (exact) mass is 359 g/mol. The van der Waals surface area contributed by atoms with Gasteiger partial charge in [-0.15, -0.1) is 11.6 Å². The smallest absolute Gasteiger partial charge is 0.250 e. The van der Waals surface area contributed by atoms with Gasteiger partial charge < -0.3 is 14.8 Å². The predicted molar refractivity (Wildman–Crippen MR) is 94.7 cm³/mol. The number of ketones is 1. The zero-order valence-electron chi connectivity index (χ0n) is 13.7. The van der Waals surface area contributed by atoms with Crippen LogP contribution in [0.25, 0.3) is 0 Å². The van der Waals surface area contributed by atoms with Crippen LogP contribution in [0.1, 0.15) is 22.8 Å². The molecule has 1 saturated heterocycles. The van der Waals surface area contributed by atoms with E-state index in [4.69, 9.17) is 21.1 Å². The van der Waals surface area contributed by atoms with Crippen molar-refractivity contribution in [3.63, 3.8) is 0 Å². The second-order valence-electron chi connectivity index (χ2n) is 5.80. The molecule has 0 spiro atoms. The van der Waals surface area contributed by atoms with Gasteiger partial charge in [-0.3, -0.25) is 9.59 Å². The number of benzene rings is 2. The average molecular weight is 360 g/mol. The molecule has 0 radical (unpaired) electrons. The lowest BCUT2D eigenvalue weighted by Crippen LogP contribution is -2.30. The second-order valence-corrected chi connectivity index (χ2v) is 6.24. The Hall–Kier alpha value is -2.21. The highest BCUT2D eigenvalue weighted by atomic mass is 35.5. The zero-order valence-corrected chi connectivity index (χ0v) is 14.5. The molecule has 0 aromatic heterocycles. The number of carbonyl (C=O) groups excluding carboxylic acids is 2. The summed E-state index contributed by atoms with van der Waals surface area (Å²) in [5, 5.41) is 1.36. The maximum Gasteiger partial charge on any atom is 0.250 e. The SMILES string of the molecule is CC1(c2ccc(NC(=O)C(Cl)C(=O)c3ccccc3)cc2)OCCO1. The fraction of sp³-hybridized carbons (Fsp3) is 0.263. The van der Waals surface area contributed by atoms with Crippen LogP contribution in [-0.4, -0.2) is 30.3 Å². The number of amides is 1. The van der Waals surface area contributed by atoms with E-state index in [-0.39, 0.29) is 0 Å². The van der Waals surface area contributed by atoms with Gasteiger partial charge in [0.2, 0.25) is 5.91 Å². The molecular formula is C19H18ClNO4. The van der Waals surface area contributed by atoms with Crippen LogP contribution in [0.5, 0.6) is 0 Å². The molecule has 130 valence electrons. The van der Waals surface area contributed by atoms with Crippen LogP contribution in [-0.2, 0) is 20.1 Å². The molecule has 1 N–H and O–H groups in total. The number of carbonyl (C=O) groups is 2. The van der Waals surface area contributed by atoms with Crippen molar-refractivity contribution in [2.45, 2.75) is 18.1 Å². The summed E-state index contributed by atoms with van der Waals surface area (Å²) in [5.74, 6) is -1.76. The molecular weight excluding hydrogens is 342 g/mol. The first-order valence-corrected chi connectivity index (χ1v) is 8.36. The maximum atomic E-state index is 12.2. The van der Waals surface area contributed by atoms with E-state index in [0.29, 0.717) is 24.5 Å². The first-order chi connectivity index (χ1) is 12.0. The third-order valence-electron chi connectivity index (χ3n) is 4.03. The largest absolute Gasteiger partial charge is 0.344 e. The summed E-state index contributed by atoms with van der Waals surface area (Å²) in [6.45, 7) is 2.94. The normalized spacial score (nSPS) is 17.0. The van der Waals surface area contributed by atoms with Crippen LogP contribution < -0.4 is 5.32 Å². The van der Waals surface area contributed by atoms with E-state index in [0.717, 1.165) is 5.56 Å². The third-order valence-corrected chi connectivity index (χ3v) is 4.43. The Bertz CT molecular complexity index is 755. The zero-order chi connectivity index (χ0) is 17.9. The van der Waals surface area contributed by atoms with Gasteiger partial charge in [0.15, 0.2) is 16.9 Å². The molecule has 1 unspecified atom stereocenters. The van der Waals surface area contributed by atoms with Gasteiger partial charge in [0.1, 0.15) is 0 Å². The molecule has 1 amide bonds. The fourth-order valence-corrected chi connectivity index (χ4v) is 2.79. The van der Waals surface area contributed by atoms with Crippen molar-refractivity contribution in [2.75, 3.05) is 18.5 Å². The highest BCUT2D eigenvalue weighted by molar-refractivity contribution is 6.45. The number of hydrogen-bond donors (Lipinski definition) is 1. The number of ether oxygens (including phenoxy) is 2. The first-order valence-electron chi connectivity index (χ1n) is 7.92. The van der Waals surface area contributed by atoms with Crippen molar-refractivity contribution in [3.8, 4) is 0 Å². The summed E-state index contributed by atoms with van der Waals surface area (Å²) in [5.41, 5.74) is 1.80. The summed E-state index contributed by atoms with van der Waals surface area (Å²) in [6.07, 6.45) is 0. The standard InChI is InChI=1S/C19H18ClNO4/c1-19(24-11-12-25-19)14-7-9-15(10-8-14)21-18(23)16(20)17(22)13-5-3-2-4-6-13/h2-10,16H,11-12H2,1H3,(H,21,23). The quantitative estimate of drug-likeness (QED) is 0.505.